The summed E-state index contributed by atoms with van der Waals surface area (Å²) in [4.78, 5) is 13.0. The van der Waals surface area contributed by atoms with Crippen molar-refractivity contribution in [2.45, 2.75) is 29.8 Å². The average molecular weight is 297 g/mol. The lowest BCUT2D eigenvalue weighted by atomic mass is 9.93. The molecule has 0 unspecified atom stereocenters. The maximum atomic E-state index is 11.7. The van der Waals surface area contributed by atoms with Crippen molar-refractivity contribution in [3.05, 3.63) is 65.7 Å². The molecule has 2 aromatic rings. The lowest BCUT2D eigenvalue weighted by Gasteiger charge is -2.30. The van der Waals surface area contributed by atoms with Crippen molar-refractivity contribution in [2.24, 2.45) is 0 Å². The van der Waals surface area contributed by atoms with Crippen molar-refractivity contribution >= 4 is 18.0 Å². The highest BCUT2D eigenvalue weighted by molar-refractivity contribution is 7.99. The van der Waals surface area contributed by atoms with E-state index in [2.05, 4.69) is 48.6 Å². The Labute approximate surface area is 130 Å². The largest absolute Gasteiger partial charge is 0.301 e. The zero-order valence-electron chi connectivity index (χ0n) is 12.1. The summed E-state index contributed by atoms with van der Waals surface area (Å²) in [7, 11) is 0. The first-order valence-corrected chi connectivity index (χ1v) is 8.27. The zero-order valence-corrected chi connectivity index (χ0v) is 12.9. The molecule has 1 aliphatic heterocycles. The van der Waals surface area contributed by atoms with Gasteiger partial charge >= 0.3 is 0 Å². The minimum absolute atomic E-state index is 0.0579. The van der Waals surface area contributed by atoms with Crippen molar-refractivity contribution in [2.75, 3.05) is 5.75 Å². The first kappa shape index (κ1) is 14.4. The van der Waals surface area contributed by atoms with E-state index in [1.165, 1.54) is 16.0 Å². The van der Waals surface area contributed by atoms with E-state index in [4.69, 9.17) is 0 Å². The number of hydrogen-bond donors (Lipinski definition) is 1. The number of nitrogens with one attached hydrogen (secondary N) is 1. The predicted octanol–water partition coefficient (Wildman–Crippen LogP) is 3.82. The van der Waals surface area contributed by atoms with Crippen LogP contribution in [0.15, 0.2) is 59.5 Å². The van der Waals surface area contributed by atoms with Crippen molar-refractivity contribution in [3.8, 4) is 0 Å². The number of hydrogen-bond acceptors (Lipinski definition) is 3. The minimum atomic E-state index is -0.468. The van der Waals surface area contributed by atoms with E-state index in [9.17, 15) is 4.79 Å². The molecule has 1 heterocycles. The van der Waals surface area contributed by atoms with Crippen LogP contribution in [-0.2, 0) is 4.79 Å². The Hall–Kier alpha value is -1.58. The van der Waals surface area contributed by atoms with E-state index in [1.54, 1.807) is 11.8 Å². The molecule has 0 spiro atoms. The molecular weight excluding hydrogens is 278 g/mol. The van der Waals surface area contributed by atoms with Crippen LogP contribution >= 0.6 is 11.8 Å². The van der Waals surface area contributed by atoms with E-state index < -0.39 is 5.54 Å². The van der Waals surface area contributed by atoms with E-state index in [-0.39, 0.29) is 6.04 Å². The Balaban J connectivity index is 2.10. The SMILES string of the molecule is CC[C@]1(C=O)CSc2ccccc2[C@@H](c2ccccc2)N1. The summed E-state index contributed by atoms with van der Waals surface area (Å²) in [5.74, 6) is 0.771. The van der Waals surface area contributed by atoms with Crippen molar-refractivity contribution in [1.82, 2.24) is 5.32 Å². The van der Waals surface area contributed by atoms with Gasteiger partial charge in [-0.1, -0.05) is 55.5 Å². The molecule has 3 rings (SSSR count). The molecule has 0 saturated heterocycles. The molecule has 0 aliphatic carbocycles. The Bertz CT molecular complexity index is 628. The molecule has 2 atom stereocenters. The van der Waals surface area contributed by atoms with Crippen LogP contribution in [0, 0.1) is 0 Å². The average Bonchev–Trinajstić information content (AvgIpc) is 2.74. The van der Waals surface area contributed by atoms with Gasteiger partial charge in [-0.05, 0) is 23.6 Å². The normalized spacial score (nSPS) is 24.9. The maximum Gasteiger partial charge on any atom is 0.140 e. The van der Waals surface area contributed by atoms with E-state index in [0.29, 0.717) is 0 Å². The summed E-state index contributed by atoms with van der Waals surface area (Å²) in [5, 5.41) is 3.61. The van der Waals surface area contributed by atoms with Gasteiger partial charge in [0.15, 0.2) is 0 Å². The standard InChI is InChI=1S/C18H19NOS/c1-2-18(12-20)13-21-16-11-7-6-10-15(16)17(19-18)14-8-4-3-5-9-14/h3-12,17,19H,2,13H2,1H3/t17-,18+/m1/s1. The van der Waals surface area contributed by atoms with Gasteiger partial charge in [-0.25, -0.2) is 0 Å². The molecule has 3 heteroatoms. The molecule has 0 amide bonds. The molecule has 1 aliphatic rings. The quantitative estimate of drug-likeness (QED) is 0.873. The van der Waals surface area contributed by atoms with Crippen LogP contribution in [0.5, 0.6) is 0 Å². The molecule has 0 fully saturated rings. The third kappa shape index (κ3) is 2.76. The summed E-state index contributed by atoms with van der Waals surface area (Å²) in [6.07, 6.45) is 1.88. The fourth-order valence-electron chi connectivity index (χ4n) is 2.73. The fourth-order valence-corrected chi connectivity index (χ4v) is 4.02. The Kier molecular flexibility index (Phi) is 4.13. The Morgan fingerprint density at radius 1 is 1.19 bits per heavy atom. The predicted molar refractivity (Wildman–Crippen MR) is 87.7 cm³/mol. The number of benzene rings is 2. The van der Waals surface area contributed by atoms with E-state index in [1.807, 2.05) is 18.2 Å². The molecule has 0 bridgehead atoms. The molecule has 21 heavy (non-hydrogen) atoms. The van der Waals surface area contributed by atoms with Crippen molar-refractivity contribution in [3.63, 3.8) is 0 Å². The Morgan fingerprint density at radius 3 is 2.62 bits per heavy atom. The first-order valence-electron chi connectivity index (χ1n) is 7.29. The lowest BCUT2D eigenvalue weighted by molar-refractivity contribution is -0.113. The highest BCUT2D eigenvalue weighted by Crippen LogP contribution is 2.38. The van der Waals surface area contributed by atoms with Gasteiger partial charge in [0, 0.05) is 10.6 Å². The second-order valence-corrected chi connectivity index (χ2v) is 6.46. The van der Waals surface area contributed by atoms with Crippen LogP contribution in [0.3, 0.4) is 0 Å². The van der Waals surface area contributed by atoms with Gasteiger partial charge in [-0.2, -0.15) is 0 Å². The van der Waals surface area contributed by atoms with E-state index in [0.717, 1.165) is 18.5 Å². The number of thioether (sulfide) groups is 1. The molecule has 2 nitrogen and oxygen atoms in total. The van der Waals surface area contributed by atoms with Crippen LogP contribution in [0.1, 0.15) is 30.5 Å². The van der Waals surface area contributed by atoms with Crippen LogP contribution in [-0.4, -0.2) is 17.6 Å². The van der Waals surface area contributed by atoms with Gasteiger partial charge in [0.2, 0.25) is 0 Å². The van der Waals surface area contributed by atoms with Crippen LogP contribution in [0.2, 0.25) is 0 Å². The summed E-state index contributed by atoms with van der Waals surface area (Å²) in [6.45, 7) is 2.07. The molecule has 0 radical (unpaired) electrons. The van der Waals surface area contributed by atoms with Gasteiger partial charge in [0.05, 0.1) is 11.6 Å². The first-order chi connectivity index (χ1) is 10.3. The molecule has 108 valence electrons. The second-order valence-electron chi connectivity index (χ2n) is 5.44. The number of rotatable bonds is 3. The van der Waals surface area contributed by atoms with Gasteiger partial charge in [0.1, 0.15) is 6.29 Å². The third-order valence-corrected chi connectivity index (χ3v) is 5.48. The number of carbonyl (C=O) groups excluding carboxylic acids is 1. The number of carbonyl (C=O) groups is 1. The summed E-state index contributed by atoms with van der Waals surface area (Å²) >= 11 is 1.77. The molecule has 2 aromatic carbocycles. The van der Waals surface area contributed by atoms with Crippen LogP contribution in [0.25, 0.3) is 0 Å². The summed E-state index contributed by atoms with van der Waals surface area (Å²) in [6, 6.07) is 18.8. The highest BCUT2D eigenvalue weighted by Gasteiger charge is 2.35. The highest BCUT2D eigenvalue weighted by atomic mass is 32.2. The number of aldehydes is 1. The number of fused-ring (bicyclic) bond motifs is 1. The topological polar surface area (TPSA) is 29.1 Å². The summed E-state index contributed by atoms with van der Waals surface area (Å²) in [5.41, 5.74) is 1.99. The van der Waals surface area contributed by atoms with E-state index >= 15 is 0 Å². The van der Waals surface area contributed by atoms with Gasteiger partial charge in [-0.15, -0.1) is 11.8 Å². The van der Waals surface area contributed by atoms with Crippen LogP contribution < -0.4 is 5.32 Å². The van der Waals surface area contributed by atoms with Gasteiger partial charge < -0.3 is 4.79 Å². The van der Waals surface area contributed by atoms with Crippen molar-refractivity contribution < 1.29 is 4.79 Å². The maximum absolute atomic E-state index is 11.7. The lowest BCUT2D eigenvalue weighted by Crippen LogP contribution is -2.49. The molecule has 0 aromatic heterocycles. The third-order valence-electron chi connectivity index (χ3n) is 4.14. The molecule has 0 saturated carbocycles. The Morgan fingerprint density at radius 2 is 1.90 bits per heavy atom. The fraction of sp³-hybridized carbons (Fsp3) is 0.278. The van der Waals surface area contributed by atoms with Crippen molar-refractivity contribution in [1.29, 1.82) is 0 Å². The zero-order chi connectivity index (χ0) is 14.7. The molecular formula is C18H19NOS. The smallest absolute Gasteiger partial charge is 0.140 e. The van der Waals surface area contributed by atoms with Gasteiger partial charge in [0.25, 0.3) is 0 Å². The minimum Gasteiger partial charge on any atom is -0.301 e. The van der Waals surface area contributed by atoms with Crippen LogP contribution in [0.4, 0.5) is 0 Å². The monoisotopic (exact) mass is 297 g/mol. The summed E-state index contributed by atoms with van der Waals surface area (Å²) < 4.78 is 0. The molecule has 1 N–H and O–H groups in total. The second kappa shape index (κ2) is 6.04. The van der Waals surface area contributed by atoms with Gasteiger partial charge in [-0.3, -0.25) is 5.32 Å².